The van der Waals surface area contributed by atoms with Crippen molar-refractivity contribution in [2.45, 2.75) is 19.4 Å². The molecule has 0 bridgehead atoms. The average molecular weight is 283 g/mol. The summed E-state index contributed by atoms with van der Waals surface area (Å²) < 4.78 is 0.800. The van der Waals surface area contributed by atoms with E-state index in [2.05, 4.69) is 21.2 Å². The molecule has 1 atom stereocenters. The summed E-state index contributed by atoms with van der Waals surface area (Å²) in [5, 5.41) is 20.6. The summed E-state index contributed by atoms with van der Waals surface area (Å²) in [5.74, 6) is -0.925. The van der Waals surface area contributed by atoms with E-state index in [1.807, 2.05) is 6.07 Å². The molecule has 1 aromatic rings. The van der Waals surface area contributed by atoms with E-state index < -0.39 is 12.0 Å². The Bertz CT molecular complexity index is 440. The largest absolute Gasteiger partial charge is 0.480 e. The molecule has 1 unspecified atom stereocenters. The van der Waals surface area contributed by atoms with E-state index >= 15 is 0 Å². The molecular formula is C11H11BrN2O2. The summed E-state index contributed by atoms with van der Waals surface area (Å²) in [6, 6.07) is 6.42. The molecule has 2 N–H and O–H groups in total. The monoisotopic (exact) mass is 282 g/mol. The van der Waals surface area contributed by atoms with Crippen LogP contribution in [0.3, 0.4) is 0 Å². The first-order valence-corrected chi connectivity index (χ1v) is 5.56. The highest BCUT2D eigenvalue weighted by Crippen LogP contribution is 2.22. The molecule has 0 heterocycles. The Morgan fingerprint density at radius 3 is 2.88 bits per heavy atom. The smallest absolute Gasteiger partial charge is 0.326 e. The number of carboxylic acids is 1. The minimum absolute atomic E-state index is 0.433. The number of anilines is 1. The Morgan fingerprint density at radius 2 is 2.38 bits per heavy atom. The zero-order chi connectivity index (χ0) is 12.1. The third-order valence-corrected chi connectivity index (χ3v) is 2.63. The van der Waals surface area contributed by atoms with Crippen LogP contribution in [0, 0.1) is 11.3 Å². The first-order chi connectivity index (χ1) is 7.58. The van der Waals surface area contributed by atoms with Gasteiger partial charge in [-0.3, -0.25) is 0 Å². The van der Waals surface area contributed by atoms with Gasteiger partial charge < -0.3 is 10.4 Å². The summed E-state index contributed by atoms with van der Waals surface area (Å²) in [4.78, 5) is 10.9. The fourth-order valence-electron chi connectivity index (χ4n) is 1.26. The van der Waals surface area contributed by atoms with Crippen molar-refractivity contribution in [3.05, 3.63) is 28.2 Å². The Morgan fingerprint density at radius 1 is 1.69 bits per heavy atom. The lowest BCUT2D eigenvalue weighted by atomic mass is 10.1. The maximum atomic E-state index is 10.9. The Labute approximate surface area is 102 Å². The van der Waals surface area contributed by atoms with E-state index in [1.165, 1.54) is 0 Å². The molecule has 0 aliphatic heterocycles. The molecule has 0 aliphatic rings. The molecule has 4 nitrogen and oxygen atoms in total. The van der Waals surface area contributed by atoms with E-state index in [4.69, 9.17) is 10.4 Å². The number of aliphatic carboxylic acids is 1. The Balaban J connectivity index is 2.99. The molecular weight excluding hydrogens is 272 g/mol. The number of nitrogens with zero attached hydrogens (tertiary/aromatic N) is 1. The second-order valence-corrected chi connectivity index (χ2v) is 4.16. The number of rotatable bonds is 4. The number of benzene rings is 1. The van der Waals surface area contributed by atoms with Crippen LogP contribution in [0.1, 0.15) is 18.9 Å². The molecule has 84 valence electrons. The van der Waals surface area contributed by atoms with Crippen LogP contribution in [0.4, 0.5) is 5.69 Å². The van der Waals surface area contributed by atoms with Gasteiger partial charge in [-0.15, -0.1) is 0 Å². The Kier molecular flexibility index (Phi) is 4.32. The molecule has 0 saturated carbocycles. The van der Waals surface area contributed by atoms with Gasteiger partial charge >= 0.3 is 5.97 Å². The van der Waals surface area contributed by atoms with E-state index in [0.717, 1.165) is 4.47 Å². The van der Waals surface area contributed by atoms with E-state index in [0.29, 0.717) is 17.7 Å². The fraction of sp³-hybridized carbons (Fsp3) is 0.273. The third kappa shape index (κ3) is 2.97. The molecule has 5 heteroatoms. The van der Waals surface area contributed by atoms with Crippen LogP contribution in [0.5, 0.6) is 0 Å². The first-order valence-electron chi connectivity index (χ1n) is 4.77. The number of hydrogen-bond donors (Lipinski definition) is 2. The van der Waals surface area contributed by atoms with Crippen molar-refractivity contribution in [1.82, 2.24) is 0 Å². The summed E-state index contributed by atoms with van der Waals surface area (Å²) in [5.41, 5.74) is 0.967. The van der Waals surface area contributed by atoms with Gasteiger partial charge in [0.1, 0.15) is 12.1 Å². The van der Waals surface area contributed by atoms with Crippen LogP contribution < -0.4 is 5.32 Å². The molecule has 16 heavy (non-hydrogen) atoms. The molecule has 0 fully saturated rings. The number of nitrogens with one attached hydrogen (secondary N) is 1. The summed E-state index contributed by atoms with van der Waals surface area (Å²) in [6.07, 6.45) is 0.451. The van der Waals surface area contributed by atoms with Gasteiger partial charge in [-0.2, -0.15) is 5.26 Å². The van der Waals surface area contributed by atoms with Crippen molar-refractivity contribution in [2.24, 2.45) is 0 Å². The van der Waals surface area contributed by atoms with Gasteiger partial charge in [0.2, 0.25) is 0 Å². The lowest BCUT2D eigenvalue weighted by Crippen LogP contribution is -2.28. The molecule has 0 saturated heterocycles. The number of carbonyl (C=O) groups is 1. The zero-order valence-electron chi connectivity index (χ0n) is 8.70. The second kappa shape index (κ2) is 5.52. The quantitative estimate of drug-likeness (QED) is 0.890. The van der Waals surface area contributed by atoms with Gasteiger partial charge in [-0.25, -0.2) is 4.79 Å². The van der Waals surface area contributed by atoms with Crippen LogP contribution in [-0.2, 0) is 4.79 Å². The standard InChI is InChI=1S/C11H11BrN2O2/c1-2-9(11(15)16)14-10-5-8(12)4-3-7(10)6-13/h3-5,9,14H,2H2,1H3,(H,15,16). The molecule has 1 aromatic carbocycles. The Hall–Kier alpha value is -1.54. The van der Waals surface area contributed by atoms with Gasteiger partial charge in [0, 0.05) is 4.47 Å². The van der Waals surface area contributed by atoms with Gasteiger partial charge in [0.15, 0.2) is 0 Å². The summed E-state index contributed by atoms with van der Waals surface area (Å²) in [7, 11) is 0. The highest BCUT2D eigenvalue weighted by Gasteiger charge is 2.16. The number of carboxylic acid groups (broad SMARTS) is 1. The van der Waals surface area contributed by atoms with Gasteiger partial charge in [-0.1, -0.05) is 22.9 Å². The minimum atomic E-state index is -0.925. The summed E-state index contributed by atoms with van der Waals surface area (Å²) in [6.45, 7) is 1.77. The maximum Gasteiger partial charge on any atom is 0.326 e. The third-order valence-electron chi connectivity index (χ3n) is 2.14. The topological polar surface area (TPSA) is 73.1 Å². The lowest BCUT2D eigenvalue weighted by molar-refractivity contribution is -0.137. The number of halogens is 1. The van der Waals surface area contributed by atoms with Crippen LogP contribution >= 0.6 is 15.9 Å². The van der Waals surface area contributed by atoms with Crippen molar-refractivity contribution in [1.29, 1.82) is 5.26 Å². The number of hydrogen-bond acceptors (Lipinski definition) is 3. The zero-order valence-corrected chi connectivity index (χ0v) is 10.3. The van der Waals surface area contributed by atoms with Crippen LogP contribution in [0.15, 0.2) is 22.7 Å². The normalized spacial score (nSPS) is 11.6. The second-order valence-electron chi connectivity index (χ2n) is 3.25. The van der Waals surface area contributed by atoms with Crippen molar-refractivity contribution >= 4 is 27.6 Å². The predicted octanol–water partition coefficient (Wildman–Crippen LogP) is 2.60. The average Bonchev–Trinajstić information content (AvgIpc) is 2.25. The molecule has 0 radical (unpaired) electrons. The SMILES string of the molecule is CCC(Nc1cc(Br)ccc1C#N)C(=O)O. The van der Waals surface area contributed by atoms with Crippen molar-refractivity contribution in [3.8, 4) is 6.07 Å². The van der Waals surface area contributed by atoms with Gasteiger partial charge in [-0.05, 0) is 24.6 Å². The summed E-state index contributed by atoms with van der Waals surface area (Å²) >= 11 is 3.28. The fourth-order valence-corrected chi connectivity index (χ4v) is 1.62. The maximum absolute atomic E-state index is 10.9. The van der Waals surface area contributed by atoms with Crippen molar-refractivity contribution < 1.29 is 9.90 Å². The van der Waals surface area contributed by atoms with E-state index in [-0.39, 0.29) is 0 Å². The van der Waals surface area contributed by atoms with Crippen molar-refractivity contribution in [2.75, 3.05) is 5.32 Å². The van der Waals surface area contributed by atoms with Gasteiger partial charge in [0.05, 0.1) is 11.3 Å². The molecule has 0 amide bonds. The van der Waals surface area contributed by atoms with Crippen LogP contribution in [0.2, 0.25) is 0 Å². The van der Waals surface area contributed by atoms with E-state index in [1.54, 1.807) is 25.1 Å². The van der Waals surface area contributed by atoms with Crippen molar-refractivity contribution in [3.63, 3.8) is 0 Å². The molecule has 0 spiro atoms. The highest BCUT2D eigenvalue weighted by atomic mass is 79.9. The first kappa shape index (κ1) is 12.5. The predicted molar refractivity (Wildman–Crippen MR) is 64.2 cm³/mol. The molecule has 1 rings (SSSR count). The molecule has 0 aliphatic carbocycles. The lowest BCUT2D eigenvalue weighted by Gasteiger charge is -2.14. The minimum Gasteiger partial charge on any atom is -0.480 e. The van der Waals surface area contributed by atoms with Gasteiger partial charge in [0.25, 0.3) is 0 Å². The van der Waals surface area contributed by atoms with E-state index in [9.17, 15) is 4.79 Å². The van der Waals surface area contributed by atoms with Crippen LogP contribution in [0.25, 0.3) is 0 Å². The number of nitriles is 1. The molecule has 0 aromatic heterocycles. The highest BCUT2D eigenvalue weighted by molar-refractivity contribution is 9.10. The van der Waals surface area contributed by atoms with Crippen LogP contribution in [-0.4, -0.2) is 17.1 Å².